The van der Waals surface area contributed by atoms with E-state index in [1.165, 1.54) is 0 Å². The van der Waals surface area contributed by atoms with E-state index in [1.807, 2.05) is 13.0 Å². The number of nitrogens with zero attached hydrogens (tertiary/aromatic N) is 2. The summed E-state index contributed by atoms with van der Waals surface area (Å²) in [6.07, 6.45) is 1.65. The van der Waals surface area contributed by atoms with Crippen LogP contribution in [0.4, 0.5) is 0 Å². The van der Waals surface area contributed by atoms with Crippen LogP contribution in [0.1, 0.15) is 23.1 Å². The summed E-state index contributed by atoms with van der Waals surface area (Å²) in [7, 11) is 0. The van der Waals surface area contributed by atoms with Crippen molar-refractivity contribution < 1.29 is 9.53 Å². The van der Waals surface area contributed by atoms with E-state index in [2.05, 4.69) is 15.2 Å². The topological polar surface area (TPSA) is 67.9 Å². The van der Waals surface area contributed by atoms with Crippen LogP contribution in [0.3, 0.4) is 0 Å². The number of carbonyl (C=O) groups excluding carboxylic acids is 1. The second-order valence-electron chi connectivity index (χ2n) is 3.16. The molecule has 5 nitrogen and oxygen atoms in total. The van der Waals surface area contributed by atoms with Gasteiger partial charge in [0.05, 0.1) is 18.3 Å². The number of aromatic nitrogens is 3. The number of ether oxygens (including phenoxy) is 1. The number of carbonyl (C=O) groups is 1. The average molecular weight is 205 g/mol. The van der Waals surface area contributed by atoms with Crippen LogP contribution in [-0.4, -0.2) is 27.8 Å². The van der Waals surface area contributed by atoms with Crippen LogP contribution >= 0.6 is 0 Å². The monoisotopic (exact) mass is 205 g/mol. The maximum Gasteiger partial charge on any atom is 0.359 e. The molecular weight excluding hydrogens is 194 g/mol. The van der Waals surface area contributed by atoms with Gasteiger partial charge in [-0.15, -0.1) is 0 Å². The second-order valence-corrected chi connectivity index (χ2v) is 3.16. The quantitative estimate of drug-likeness (QED) is 0.753. The van der Waals surface area contributed by atoms with Crippen LogP contribution in [-0.2, 0) is 4.74 Å². The first-order chi connectivity index (χ1) is 7.22. The molecule has 2 rings (SSSR count). The number of fused-ring (bicyclic) bond motifs is 1. The number of rotatable bonds is 2. The van der Waals surface area contributed by atoms with Gasteiger partial charge in [0.15, 0.2) is 5.69 Å². The molecule has 0 aliphatic rings. The number of aromatic amines is 1. The molecule has 0 aromatic carbocycles. The summed E-state index contributed by atoms with van der Waals surface area (Å²) in [5, 5.41) is 7.41. The van der Waals surface area contributed by atoms with E-state index < -0.39 is 5.97 Å². The van der Waals surface area contributed by atoms with Crippen molar-refractivity contribution in [2.75, 3.05) is 6.61 Å². The third kappa shape index (κ3) is 1.68. The predicted molar refractivity (Wildman–Crippen MR) is 54.6 cm³/mol. The summed E-state index contributed by atoms with van der Waals surface area (Å²) in [6, 6.07) is 1.81. The molecule has 2 aromatic heterocycles. The molecule has 0 aliphatic heterocycles. The Morgan fingerprint density at radius 3 is 3.13 bits per heavy atom. The SMILES string of the molecule is CCOC(=O)c1n[nH]c2cnc(C)cc12. The standard InChI is InChI=1S/C10H11N3O2/c1-3-15-10(14)9-7-4-6(2)11-5-8(7)12-13-9/h4-5H,3H2,1-2H3,(H,12,13). The minimum Gasteiger partial charge on any atom is -0.461 e. The molecule has 0 amide bonds. The predicted octanol–water partition coefficient (Wildman–Crippen LogP) is 1.44. The maximum atomic E-state index is 11.5. The molecule has 5 heteroatoms. The van der Waals surface area contributed by atoms with Gasteiger partial charge in [-0.1, -0.05) is 0 Å². The lowest BCUT2D eigenvalue weighted by Gasteiger charge is -1.98. The Morgan fingerprint density at radius 2 is 2.40 bits per heavy atom. The van der Waals surface area contributed by atoms with Gasteiger partial charge < -0.3 is 4.74 Å². The summed E-state index contributed by atoms with van der Waals surface area (Å²) in [5.74, 6) is -0.408. The smallest absolute Gasteiger partial charge is 0.359 e. The van der Waals surface area contributed by atoms with Crippen molar-refractivity contribution in [2.24, 2.45) is 0 Å². The molecule has 0 radical (unpaired) electrons. The molecule has 0 fully saturated rings. The minimum atomic E-state index is -0.408. The number of pyridine rings is 1. The molecule has 0 spiro atoms. The van der Waals surface area contributed by atoms with E-state index in [1.54, 1.807) is 13.1 Å². The van der Waals surface area contributed by atoms with Crippen LogP contribution in [0.25, 0.3) is 10.9 Å². The number of H-pyrrole nitrogens is 1. The van der Waals surface area contributed by atoms with Crippen LogP contribution < -0.4 is 0 Å². The third-order valence-electron chi connectivity index (χ3n) is 2.05. The van der Waals surface area contributed by atoms with Crippen molar-refractivity contribution in [1.82, 2.24) is 15.2 Å². The lowest BCUT2D eigenvalue weighted by molar-refractivity contribution is 0.0521. The van der Waals surface area contributed by atoms with E-state index in [0.29, 0.717) is 12.3 Å². The lowest BCUT2D eigenvalue weighted by Crippen LogP contribution is -2.05. The zero-order chi connectivity index (χ0) is 10.8. The Labute approximate surface area is 86.5 Å². The van der Waals surface area contributed by atoms with E-state index in [-0.39, 0.29) is 0 Å². The molecule has 2 heterocycles. The molecule has 1 N–H and O–H groups in total. The first-order valence-corrected chi connectivity index (χ1v) is 4.70. The first-order valence-electron chi connectivity index (χ1n) is 4.70. The highest BCUT2D eigenvalue weighted by Crippen LogP contribution is 2.16. The van der Waals surface area contributed by atoms with E-state index >= 15 is 0 Å². The van der Waals surface area contributed by atoms with Crippen molar-refractivity contribution in [3.8, 4) is 0 Å². The third-order valence-corrected chi connectivity index (χ3v) is 2.05. The first kappa shape index (κ1) is 9.64. The van der Waals surface area contributed by atoms with Gasteiger partial charge in [-0.3, -0.25) is 10.1 Å². The van der Waals surface area contributed by atoms with Gasteiger partial charge >= 0.3 is 5.97 Å². The number of hydrogen-bond acceptors (Lipinski definition) is 4. The van der Waals surface area contributed by atoms with Crippen LogP contribution in [0.15, 0.2) is 12.3 Å². The number of nitrogens with one attached hydrogen (secondary N) is 1. The summed E-state index contributed by atoms with van der Waals surface area (Å²) in [6.45, 7) is 3.97. The minimum absolute atomic E-state index is 0.317. The highest BCUT2D eigenvalue weighted by molar-refractivity contribution is 6.01. The Bertz CT molecular complexity index is 504. The van der Waals surface area contributed by atoms with Crippen molar-refractivity contribution >= 4 is 16.9 Å². The molecule has 15 heavy (non-hydrogen) atoms. The molecule has 78 valence electrons. The van der Waals surface area contributed by atoms with Crippen molar-refractivity contribution in [1.29, 1.82) is 0 Å². The fourth-order valence-corrected chi connectivity index (χ4v) is 1.38. The van der Waals surface area contributed by atoms with Gasteiger partial charge in [-0.2, -0.15) is 5.10 Å². The highest BCUT2D eigenvalue weighted by Gasteiger charge is 2.15. The highest BCUT2D eigenvalue weighted by atomic mass is 16.5. The van der Waals surface area contributed by atoms with Crippen molar-refractivity contribution in [3.05, 3.63) is 23.7 Å². The number of hydrogen-bond donors (Lipinski definition) is 1. The van der Waals surface area contributed by atoms with Gasteiger partial charge in [0.25, 0.3) is 0 Å². The van der Waals surface area contributed by atoms with Gasteiger partial charge in [0.1, 0.15) is 0 Å². The van der Waals surface area contributed by atoms with Crippen molar-refractivity contribution in [3.63, 3.8) is 0 Å². The molecule has 2 aromatic rings. The van der Waals surface area contributed by atoms with Gasteiger partial charge in [0.2, 0.25) is 0 Å². The Morgan fingerprint density at radius 1 is 1.60 bits per heavy atom. The fraction of sp³-hybridized carbons (Fsp3) is 0.300. The average Bonchev–Trinajstić information content (AvgIpc) is 2.60. The zero-order valence-corrected chi connectivity index (χ0v) is 8.57. The van der Waals surface area contributed by atoms with Crippen molar-refractivity contribution in [2.45, 2.75) is 13.8 Å². The molecule has 0 saturated carbocycles. The van der Waals surface area contributed by atoms with E-state index in [4.69, 9.17) is 4.74 Å². The Kier molecular flexibility index (Phi) is 2.37. The normalized spacial score (nSPS) is 10.5. The van der Waals surface area contributed by atoms with E-state index in [9.17, 15) is 4.79 Å². The van der Waals surface area contributed by atoms with Crippen LogP contribution in [0.5, 0.6) is 0 Å². The largest absolute Gasteiger partial charge is 0.461 e. The van der Waals surface area contributed by atoms with Gasteiger partial charge in [-0.05, 0) is 19.9 Å². The van der Waals surface area contributed by atoms with Gasteiger partial charge in [0, 0.05) is 11.1 Å². The second kappa shape index (κ2) is 3.68. The van der Waals surface area contributed by atoms with Crippen LogP contribution in [0.2, 0.25) is 0 Å². The summed E-state index contributed by atoms with van der Waals surface area (Å²) < 4.78 is 4.89. The molecular formula is C10H11N3O2. The molecule has 0 aliphatic carbocycles. The zero-order valence-electron chi connectivity index (χ0n) is 8.57. The maximum absolute atomic E-state index is 11.5. The Balaban J connectivity index is 2.52. The fourth-order valence-electron chi connectivity index (χ4n) is 1.38. The lowest BCUT2D eigenvalue weighted by atomic mass is 10.2. The van der Waals surface area contributed by atoms with E-state index in [0.717, 1.165) is 16.6 Å². The molecule has 0 bridgehead atoms. The van der Waals surface area contributed by atoms with Gasteiger partial charge in [-0.25, -0.2) is 4.79 Å². The number of aryl methyl sites for hydroxylation is 1. The van der Waals surface area contributed by atoms with Crippen LogP contribution in [0, 0.1) is 6.92 Å². The molecule has 0 atom stereocenters. The summed E-state index contributed by atoms with van der Waals surface area (Å²) in [4.78, 5) is 15.6. The molecule has 0 unspecified atom stereocenters. The summed E-state index contributed by atoms with van der Waals surface area (Å²) >= 11 is 0. The summed E-state index contributed by atoms with van der Waals surface area (Å²) in [5.41, 5.74) is 1.90. The Hall–Kier alpha value is -1.91. The number of esters is 1. The molecule has 0 saturated heterocycles.